The zero-order valence-corrected chi connectivity index (χ0v) is 12.9. The lowest BCUT2D eigenvalue weighted by molar-refractivity contribution is -0.119. The molecule has 1 aromatic heterocycles. The van der Waals surface area contributed by atoms with Gasteiger partial charge in [0.1, 0.15) is 5.82 Å². The van der Waals surface area contributed by atoms with Crippen molar-refractivity contribution < 1.29 is 9.18 Å². The van der Waals surface area contributed by atoms with Gasteiger partial charge in [-0.25, -0.2) is 4.39 Å². The number of aromatic nitrogens is 1. The number of anilines is 1. The maximum atomic E-state index is 13.4. The van der Waals surface area contributed by atoms with Crippen LogP contribution in [0.15, 0.2) is 47.2 Å². The van der Waals surface area contributed by atoms with Gasteiger partial charge in [0.2, 0.25) is 5.91 Å². The average molecular weight is 349 g/mol. The molecule has 1 fully saturated rings. The van der Waals surface area contributed by atoms with Crippen LogP contribution in [0, 0.1) is 11.7 Å². The number of halogens is 2. The third-order valence-corrected chi connectivity index (χ3v) is 4.11. The molecular weight excluding hydrogens is 335 g/mol. The highest BCUT2D eigenvalue weighted by molar-refractivity contribution is 9.10. The molecule has 0 bridgehead atoms. The van der Waals surface area contributed by atoms with Gasteiger partial charge in [0.15, 0.2) is 0 Å². The Balaban J connectivity index is 1.91. The zero-order valence-electron chi connectivity index (χ0n) is 11.3. The van der Waals surface area contributed by atoms with Crippen LogP contribution >= 0.6 is 15.9 Å². The van der Waals surface area contributed by atoms with Gasteiger partial charge in [-0.3, -0.25) is 9.78 Å². The predicted octanol–water partition coefficient (Wildman–Crippen LogP) is 3.93. The van der Waals surface area contributed by atoms with Crippen molar-refractivity contribution in [2.45, 2.75) is 19.4 Å². The lowest BCUT2D eigenvalue weighted by Crippen LogP contribution is -2.31. The summed E-state index contributed by atoms with van der Waals surface area (Å²) in [6, 6.07) is 8.43. The Morgan fingerprint density at radius 3 is 2.62 bits per heavy atom. The van der Waals surface area contributed by atoms with E-state index < -0.39 is 0 Å². The molecule has 1 aromatic carbocycles. The largest absolute Gasteiger partial charge is 0.308 e. The van der Waals surface area contributed by atoms with Crippen LogP contribution in [0.25, 0.3) is 0 Å². The summed E-state index contributed by atoms with van der Waals surface area (Å²) in [5.74, 6) is -0.123. The second-order valence-electron chi connectivity index (χ2n) is 5.15. The lowest BCUT2D eigenvalue weighted by Gasteiger charge is -2.23. The monoisotopic (exact) mass is 348 g/mol. The number of pyridine rings is 1. The topological polar surface area (TPSA) is 33.2 Å². The summed E-state index contributed by atoms with van der Waals surface area (Å²) in [6.07, 6.45) is 5.29. The van der Waals surface area contributed by atoms with E-state index in [1.165, 1.54) is 6.07 Å². The first-order chi connectivity index (χ1) is 10.1. The second-order valence-corrected chi connectivity index (χ2v) is 6.01. The van der Waals surface area contributed by atoms with Gasteiger partial charge in [0.25, 0.3) is 0 Å². The zero-order chi connectivity index (χ0) is 14.8. The van der Waals surface area contributed by atoms with Gasteiger partial charge in [-0.05, 0) is 64.7 Å². The van der Waals surface area contributed by atoms with Crippen LogP contribution in [0.2, 0.25) is 0 Å². The predicted molar refractivity (Wildman–Crippen MR) is 82.3 cm³/mol. The van der Waals surface area contributed by atoms with Crippen LogP contribution in [0.5, 0.6) is 0 Å². The summed E-state index contributed by atoms with van der Waals surface area (Å²) < 4.78 is 13.8. The van der Waals surface area contributed by atoms with Crippen LogP contribution in [0.1, 0.15) is 18.4 Å². The summed E-state index contributed by atoms with van der Waals surface area (Å²) in [6.45, 7) is 0.468. The van der Waals surface area contributed by atoms with Crippen molar-refractivity contribution in [2.75, 3.05) is 4.90 Å². The standard InChI is InChI=1S/C16H14BrFN2O/c17-14-9-13(3-4-15(14)18)20(16(21)12-1-2-12)10-11-5-7-19-8-6-11/h3-9,12H,1-2,10H2. The molecule has 3 nitrogen and oxygen atoms in total. The van der Waals surface area contributed by atoms with Gasteiger partial charge in [-0.2, -0.15) is 0 Å². The van der Waals surface area contributed by atoms with E-state index >= 15 is 0 Å². The fraction of sp³-hybridized carbons (Fsp3) is 0.250. The number of amides is 1. The van der Waals surface area contributed by atoms with E-state index in [4.69, 9.17) is 0 Å². The van der Waals surface area contributed by atoms with Crippen molar-refractivity contribution in [3.63, 3.8) is 0 Å². The van der Waals surface area contributed by atoms with Gasteiger partial charge >= 0.3 is 0 Å². The molecule has 108 valence electrons. The first-order valence-electron chi connectivity index (χ1n) is 6.80. The molecule has 2 aromatic rings. The summed E-state index contributed by atoms with van der Waals surface area (Å²) in [7, 11) is 0. The molecule has 0 saturated heterocycles. The Morgan fingerprint density at radius 2 is 2.00 bits per heavy atom. The Kier molecular flexibility index (Phi) is 4.01. The molecule has 21 heavy (non-hydrogen) atoms. The molecule has 0 spiro atoms. The highest BCUT2D eigenvalue weighted by Gasteiger charge is 2.34. The maximum absolute atomic E-state index is 13.4. The van der Waals surface area contributed by atoms with Crippen molar-refractivity contribution in [3.8, 4) is 0 Å². The van der Waals surface area contributed by atoms with E-state index in [9.17, 15) is 9.18 Å². The van der Waals surface area contributed by atoms with Crippen LogP contribution in [-0.4, -0.2) is 10.9 Å². The van der Waals surface area contributed by atoms with Crippen molar-refractivity contribution in [1.82, 2.24) is 4.98 Å². The second kappa shape index (κ2) is 5.93. The lowest BCUT2D eigenvalue weighted by atomic mass is 10.2. The molecule has 0 N–H and O–H groups in total. The van der Waals surface area contributed by atoms with Gasteiger partial charge in [0, 0.05) is 24.0 Å². The van der Waals surface area contributed by atoms with E-state index in [2.05, 4.69) is 20.9 Å². The Morgan fingerprint density at radius 1 is 1.29 bits per heavy atom. The first kappa shape index (κ1) is 14.2. The number of nitrogens with zero attached hydrogens (tertiary/aromatic N) is 2. The van der Waals surface area contributed by atoms with Crippen molar-refractivity contribution in [2.24, 2.45) is 5.92 Å². The number of hydrogen-bond donors (Lipinski definition) is 0. The Bertz CT molecular complexity index is 659. The Labute approximate surface area is 130 Å². The molecule has 1 heterocycles. The molecule has 3 rings (SSSR count). The minimum absolute atomic E-state index is 0.102. The van der Waals surface area contributed by atoms with Gasteiger partial charge in [0.05, 0.1) is 11.0 Å². The highest BCUT2D eigenvalue weighted by Crippen LogP contribution is 2.34. The number of benzene rings is 1. The number of carbonyl (C=O) groups is 1. The number of rotatable bonds is 4. The fourth-order valence-electron chi connectivity index (χ4n) is 2.17. The van der Waals surface area contributed by atoms with E-state index in [-0.39, 0.29) is 17.6 Å². The number of hydrogen-bond acceptors (Lipinski definition) is 2. The van der Waals surface area contributed by atoms with E-state index in [0.717, 1.165) is 18.4 Å². The maximum Gasteiger partial charge on any atom is 0.230 e. The molecule has 0 aliphatic heterocycles. The molecule has 1 aliphatic rings. The molecule has 0 unspecified atom stereocenters. The minimum atomic E-state index is -0.332. The SMILES string of the molecule is O=C(C1CC1)N(Cc1ccncc1)c1ccc(F)c(Br)c1. The molecular formula is C16H14BrFN2O. The van der Waals surface area contributed by atoms with E-state index in [0.29, 0.717) is 16.7 Å². The normalized spacial score (nSPS) is 14.0. The van der Waals surface area contributed by atoms with Gasteiger partial charge in [-0.1, -0.05) is 0 Å². The summed E-state index contributed by atoms with van der Waals surface area (Å²) in [5.41, 5.74) is 1.71. The third-order valence-electron chi connectivity index (χ3n) is 3.50. The smallest absolute Gasteiger partial charge is 0.230 e. The Hall–Kier alpha value is -1.75. The van der Waals surface area contributed by atoms with Crippen LogP contribution < -0.4 is 4.90 Å². The molecule has 0 radical (unpaired) electrons. The number of carbonyl (C=O) groups excluding carboxylic acids is 1. The van der Waals surface area contributed by atoms with Crippen LogP contribution in [0.3, 0.4) is 0 Å². The summed E-state index contributed by atoms with van der Waals surface area (Å²) in [4.78, 5) is 18.2. The molecule has 0 atom stereocenters. The molecule has 1 amide bonds. The van der Waals surface area contributed by atoms with Gasteiger partial charge < -0.3 is 4.90 Å². The third kappa shape index (κ3) is 3.29. The fourth-order valence-corrected chi connectivity index (χ4v) is 2.54. The average Bonchev–Trinajstić information content (AvgIpc) is 3.33. The van der Waals surface area contributed by atoms with Crippen molar-refractivity contribution >= 4 is 27.5 Å². The van der Waals surface area contributed by atoms with Crippen LogP contribution in [0.4, 0.5) is 10.1 Å². The van der Waals surface area contributed by atoms with Crippen LogP contribution in [-0.2, 0) is 11.3 Å². The quantitative estimate of drug-likeness (QED) is 0.838. The van der Waals surface area contributed by atoms with E-state index in [1.54, 1.807) is 29.4 Å². The molecule has 1 aliphatic carbocycles. The molecule has 5 heteroatoms. The summed E-state index contributed by atoms with van der Waals surface area (Å²) >= 11 is 3.18. The minimum Gasteiger partial charge on any atom is -0.308 e. The van der Waals surface area contributed by atoms with Crippen molar-refractivity contribution in [1.29, 1.82) is 0 Å². The van der Waals surface area contributed by atoms with Gasteiger partial charge in [-0.15, -0.1) is 0 Å². The molecule has 1 saturated carbocycles. The summed E-state index contributed by atoms with van der Waals surface area (Å²) in [5, 5.41) is 0. The first-order valence-corrected chi connectivity index (χ1v) is 7.60. The highest BCUT2D eigenvalue weighted by atomic mass is 79.9. The van der Waals surface area contributed by atoms with Crippen molar-refractivity contribution in [3.05, 3.63) is 58.6 Å². The van der Waals surface area contributed by atoms with E-state index in [1.807, 2.05) is 12.1 Å².